The number of benzene rings is 2. The second kappa shape index (κ2) is 6.89. The molecular weight excluding hydrogens is 290 g/mol. The number of fused-ring (bicyclic) bond motifs is 1. The van der Waals surface area contributed by atoms with Crippen molar-refractivity contribution >= 4 is 20.8 Å². The molecule has 0 radical (unpaired) electrons. The highest BCUT2D eigenvalue weighted by atomic mass is 32.2. The molecule has 0 bridgehead atoms. The molecule has 0 atom stereocenters. The summed E-state index contributed by atoms with van der Waals surface area (Å²) in [6, 6.07) is 10.6. The molecule has 0 saturated heterocycles. The molecule has 2 rings (SSSR count). The van der Waals surface area contributed by atoms with Crippen LogP contribution >= 0.6 is 0 Å². The Morgan fingerprint density at radius 3 is 2.52 bits per heavy atom. The van der Waals surface area contributed by atoms with E-state index in [1.165, 1.54) is 7.11 Å². The number of hydrogen-bond donors (Lipinski definition) is 1. The van der Waals surface area contributed by atoms with E-state index in [1.54, 1.807) is 18.2 Å². The average molecular weight is 309 g/mol. The SMILES string of the molecule is CCOc1ccc2cc(S(=O)(=O)NCCOC)ccc2c1. The summed E-state index contributed by atoms with van der Waals surface area (Å²) in [7, 11) is -1.98. The van der Waals surface area contributed by atoms with Gasteiger partial charge in [0.25, 0.3) is 0 Å². The first kappa shape index (κ1) is 15.8. The molecular formula is C15H19NO4S. The van der Waals surface area contributed by atoms with Crippen LogP contribution in [0.25, 0.3) is 10.8 Å². The van der Waals surface area contributed by atoms with Gasteiger partial charge in [0.15, 0.2) is 0 Å². The van der Waals surface area contributed by atoms with E-state index in [0.29, 0.717) is 13.2 Å². The van der Waals surface area contributed by atoms with E-state index in [-0.39, 0.29) is 11.4 Å². The van der Waals surface area contributed by atoms with E-state index in [4.69, 9.17) is 9.47 Å². The average Bonchev–Trinajstić information content (AvgIpc) is 2.47. The van der Waals surface area contributed by atoms with Crippen molar-refractivity contribution in [3.63, 3.8) is 0 Å². The van der Waals surface area contributed by atoms with Crippen molar-refractivity contribution in [2.24, 2.45) is 0 Å². The lowest BCUT2D eigenvalue weighted by molar-refractivity contribution is 0.204. The summed E-state index contributed by atoms with van der Waals surface area (Å²) in [6.45, 7) is 3.11. The Kier molecular flexibility index (Phi) is 5.17. The maximum absolute atomic E-state index is 12.1. The van der Waals surface area contributed by atoms with Gasteiger partial charge in [-0.3, -0.25) is 0 Å². The zero-order valence-electron chi connectivity index (χ0n) is 12.1. The molecule has 114 valence electrons. The van der Waals surface area contributed by atoms with Gasteiger partial charge >= 0.3 is 0 Å². The van der Waals surface area contributed by atoms with Crippen LogP contribution in [-0.2, 0) is 14.8 Å². The Morgan fingerprint density at radius 2 is 1.81 bits per heavy atom. The zero-order valence-corrected chi connectivity index (χ0v) is 12.9. The summed E-state index contributed by atoms with van der Waals surface area (Å²) in [5, 5.41) is 1.80. The minimum Gasteiger partial charge on any atom is -0.494 e. The summed E-state index contributed by atoms with van der Waals surface area (Å²) < 4.78 is 37.0. The molecule has 0 amide bonds. The van der Waals surface area contributed by atoms with Gasteiger partial charge in [-0.2, -0.15) is 0 Å². The van der Waals surface area contributed by atoms with E-state index in [0.717, 1.165) is 16.5 Å². The third-order valence-electron chi connectivity index (χ3n) is 3.00. The Bertz CT molecular complexity index is 713. The maximum atomic E-state index is 12.1. The summed E-state index contributed by atoms with van der Waals surface area (Å²) in [4.78, 5) is 0.246. The third kappa shape index (κ3) is 3.93. The largest absolute Gasteiger partial charge is 0.494 e. The van der Waals surface area contributed by atoms with E-state index < -0.39 is 10.0 Å². The van der Waals surface area contributed by atoms with Crippen molar-refractivity contribution in [1.29, 1.82) is 0 Å². The molecule has 5 nitrogen and oxygen atoms in total. The standard InChI is InChI=1S/C15H19NO4S/c1-3-20-14-6-4-13-11-15(7-5-12(13)10-14)21(17,18)16-8-9-19-2/h4-7,10-11,16H,3,8-9H2,1-2H3. The minimum atomic E-state index is -3.51. The first-order valence-corrected chi connectivity index (χ1v) is 8.20. The van der Waals surface area contributed by atoms with Crippen LogP contribution in [0, 0.1) is 0 Å². The van der Waals surface area contributed by atoms with Gasteiger partial charge in [0, 0.05) is 13.7 Å². The van der Waals surface area contributed by atoms with Crippen LogP contribution in [0.2, 0.25) is 0 Å². The van der Waals surface area contributed by atoms with Crippen molar-refractivity contribution in [3.05, 3.63) is 36.4 Å². The summed E-state index contributed by atoms with van der Waals surface area (Å²) >= 11 is 0. The lowest BCUT2D eigenvalue weighted by Crippen LogP contribution is -2.27. The fraction of sp³-hybridized carbons (Fsp3) is 0.333. The Hall–Kier alpha value is -1.63. The van der Waals surface area contributed by atoms with Gasteiger partial charge in [0.2, 0.25) is 10.0 Å². The Balaban J connectivity index is 2.28. The molecule has 0 spiro atoms. The highest BCUT2D eigenvalue weighted by Crippen LogP contribution is 2.23. The monoisotopic (exact) mass is 309 g/mol. The number of methoxy groups -OCH3 is 1. The van der Waals surface area contributed by atoms with E-state index in [1.807, 2.05) is 25.1 Å². The summed E-state index contributed by atoms with van der Waals surface area (Å²) in [6.07, 6.45) is 0. The van der Waals surface area contributed by atoms with Crippen molar-refractivity contribution in [2.75, 3.05) is 26.9 Å². The predicted molar refractivity (Wildman–Crippen MR) is 82.2 cm³/mol. The highest BCUT2D eigenvalue weighted by Gasteiger charge is 2.13. The molecule has 0 aliphatic rings. The van der Waals surface area contributed by atoms with Gasteiger partial charge < -0.3 is 9.47 Å². The molecule has 0 aliphatic carbocycles. The van der Waals surface area contributed by atoms with Crippen LogP contribution in [0.4, 0.5) is 0 Å². The lowest BCUT2D eigenvalue weighted by atomic mass is 10.1. The van der Waals surface area contributed by atoms with E-state index in [9.17, 15) is 8.42 Å². The van der Waals surface area contributed by atoms with Crippen molar-refractivity contribution < 1.29 is 17.9 Å². The summed E-state index contributed by atoms with van der Waals surface area (Å²) in [5.41, 5.74) is 0. The van der Waals surface area contributed by atoms with Crippen molar-refractivity contribution in [1.82, 2.24) is 4.72 Å². The van der Waals surface area contributed by atoms with Crippen molar-refractivity contribution in [2.45, 2.75) is 11.8 Å². The molecule has 0 heterocycles. The molecule has 2 aromatic carbocycles. The zero-order chi connectivity index (χ0) is 15.3. The molecule has 0 aromatic heterocycles. The van der Waals surface area contributed by atoms with Gasteiger partial charge in [-0.25, -0.2) is 13.1 Å². The van der Waals surface area contributed by atoms with Gasteiger partial charge in [-0.1, -0.05) is 12.1 Å². The molecule has 21 heavy (non-hydrogen) atoms. The van der Waals surface area contributed by atoms with Crippen LogP contribution < -0.4 is 9.46 Å². The molecule has 0 saturated carbocycles. The van der Waals surface area contributed by atoms with E-state index >= 15 is 0 Å². The van der Waals surface area contributed by atoms with Crippen LogP contribution in [0.15, 0.2) is 41.3 Å². The minimum absolute atomic E-state index is 0.246. The van der Waals surface area contributed by atoms with Crippen LogP contribution in [0.3, 0.4) is 0 Å². The van der Waals surface area contributed by atoms with E-state index in [2.05, 4.69) is 4.72 Å². The normalized spacial score (nSPS) is 11.7. The predicted octanol–water partition coefficient (Wildman–Crippen LogP) is 2.16. The van der Waals surface area contributed by atoms with Crippen LogP contribution in [-0.4, -0.2) is 35.3 Å². The topological polar surface area (TPSA) is 64.6 Å². The molecule has 6 heteroatoms. The third-order valence-corrected chi connectivity index (χ3v) is 4.46. The second-order valence-corrected chi connectivity index (χ2v) is 6.26. The second-order valence-electron chi connectivity index (χ2n) is 4.49. The lowest BCUT2D eigenvalue weighted by Gasteiger charge is -2.08. The number of ether oxygens (including phenoxy) is 2. The first-order valence-electron chi connectivity index (χ1n) is 6.72. The first-order chi connectivity index (χ1) is 10.1. The van der Waals surface area contributed by atoms with Crippen LogP contribution in [0.1, 0.15) is 6.92 Å². The molecule has 0 unspecified atom stereocenters. The molecule has 1 N–H and O–H groups in total. The molecule has 0 fully saturated rings. The Labute approximate surface area is 124 Å². The number of hydrogen-bond acceptors (Lipinski definition) is 4. The number of sulfonamides is 1. The maximum Gasteiger partial charge on any atom is 0.240 e. The van der Waals surface area contributed by atoms with Crippen molar-refractivity contribution in [3.8, 4) is 5.75 Å². The number of nitrogens with one attached hydrogen (secondary N) is 1. The highest BCUT2D eigenvalue weighted by molar-refractivity contribution is 7.89. The smallest absolute Gasteiger partial charge is 0.240 e. The molecule has 2 aromatic rings. The molecule has 0 aliphatic heterocycles. The van der Waals surface area contributed by atoms with Crippen LogP contribution in [0.5, 0.6) is 5.75 Å². The fourth-order valence-corrected chi connectivity index (χ4v) is 3.03. The fourth-order valence-electron chi connectivity index (χ4n) is 1.99. The van der Waals surface area contributed by atoms with Gasteiger partial charge in [-0.15, -0.1) is 0 Å². The number of rotatable bonds is 7. The van der Waals surface area contributed by atoms with Gasteiger partial charge in [0.1, 0.15) is 5.75 Å². The summed E-state index contributed by atoms with van der Waals surface area (Å²) in [5.74, 6) is 0.777. The van der Waals surface area contributed by atoms with Gasteiger partial charge in [0.05, 0.1) is 18.1 Å². The Morgan fingerprint density at radius 1 is 1.10 bits per heavy atom. The quantitative estimate of drug-likeness (QED) is 0.796. The van der Waals surface area contributed by atoms with Gasteiger partial charge in [-0.05, 0) is 42.0 Å².